The predicted molar refractivity (Wildman–Crippen MR) is 140 cm³/mol. The summed E-state index contributed by atoms with van der Waals surface area (Å²) in [5.74, 6) is 2.28. The third-order valence-electron chi connectivity index (χ3n) is 6.24. The molecule has 9 nitrogen and oxygen atoms in total. The Hall–Kier alpha value is -4.11. The summed E-state index contributed by atoms with van der Waals surface area (Å²) in [6.45, 7) is 7.81. The fourth-order valence-corrected chi connectivity index (χ4v) is 4.05. The van der Waals surface area contributed by atoms with Gasteiger partial charge in [-0.2, -0.15) is 0 Å². The van der Waals surface area contributed by atoms with E-state index in [2.05, 4.69) is 53.4 Å². The molecule has 0 spiro atoms. The van der Waals surface area contributed by atoms with Crippen molar-refractivity contribution < 1.29 is 14.3 Å². The number of aryl methyl sites for hydroxylation is 2. The van der Waals surface area contributed by atoms with Crippen molar-refractivity contribution in [1.82, 2.24) is 19.4 Å². The Morgan fingerprint density at radius 3 is 2.56 bits per heavy atom. The van der Waals surface area contributed by atoms with Gasteiger partial charge in [-0.1, -0.05) is 17.7 Å². The predicted octanol–water partition coefficient (Wildman–Crippen LogP) is 5.45. The summed E-state index contributed by atoms with van der Waals surface area (Å²) >= 11 is 0. The van der Waals surface area contributed by atoms with E-state index >= 15 is 0 Å². The molecule has 2 N–H and O–H groups in total. The van der Waals surface area contributed by atoms with Crippen molar-refractivity contribution in [2.75, 3.05) is 23.7 Å². The lowest BCUT2D eigenvalue weighted by atomic mass is 10.1. The third-order valence-corrected chi connectivity index (χ3v) is 6.24. The van der Waals surface area contributed by atoms with Crippen LogP contribution >= 0.6 is 0 Å². The van der Waals surface area contributed by atoms with Crippen molar-refractivity contribution in [3.8, 4) is 11.5 Å². The molecule has 1 saturated heterocycles. The highest BCUT2D eigenvalue weighted by Gasteiger charge is 2.31. The fourth-order valence-electron chi connectivity index (χ4n) is 4.05. The van der Waals surface area contributed by atoms with Crippen molar-refractivity contribution >= 4 is 34.6 Å². The van der Waals surface area contributed by atoms with Crippen LogP contribution in [0.15, 0.2) is 60.8 Å². The van der Waals surface area contributed by atoms with Gasteiger partial charge in [0.1, 0.15) is 23.4 Å². The SMILES string of the molecule is Cc1ccc(Nc2nc3cc(Oc4ccnc(NC(=O)OC5CN(C(C)C)C5)c4)ccc3n2C)cc1. The van der Waals surface area contributed by atoms with Gasteiger partial charge in [0.15, 0.2) is 0 Å². The molecule has 0 radical (unpaired) electrons. The molecule has 9 heteroatoms. The molecule has 0 atom stereocenters. The number of amides is 1. The van der Waals surface area contributed by atoms with Crippen LogP contribution < -0.4 is 15.4 Å². The third kappa shape index (κ3) is 5.26. The summed E-state index contributed by atoms with van der Waals surface area (Å²) in [7, 11) is 1.97. The number of benzene rings is 2. The molecular formula is C27H30N6O3. The Bertz CT molecular complexity index is 1380. The van der Waals surface area contributed by atoms with E-state index in [4.69, 9.17) is 14.5 Å². The van der Waals surface area contributed by atoms with Crippen molar-refractivity contribution in [2.24, 2.45) is 7.05 Å². The standard InChI is InChI=1S/C27H30N6O3/c1-17(2)33-15-22(16-33)36-27(34)31-25-14-21(11-12-28-25)35-20-9-10-24-23(13-20)30-26(32(24)4)29-19-7-5-18(3)6-8-19/h5-14,17,22H,15-16H2,1-4H3,(H,29,30)(H,28,31,34). The average Bonchev–Trinajstić information content (AvgIpc) is 3.12. The summed E-state index contributed by atoms with van der Waals surface area (Å²) in [6, 6.07) is 17.8. The minimum Gasteiger partial charge on any atom is -0.457 e. The molecule has 36 heavy (non-hydrogen) atoms. The number of carbonyl (C=O) groups is 1. The number of rotatable bonds is 7. The first-order chi connectivity index (χ1) is 17.3. The number of nitrogens with one attached hydrogen (secondary N) is 2. The molecule has 2 aromatic heterocycles. The van der Waals surface area contributed by atoms with Gasteiger partial charge in [0, 0.05) is 50.2 Å². The summed E-state index contributed by atoms with van der Waals surface area (Å²) in [5, 5.41) is 6.04. The van der Waals surface area contributed by atoms with Crippen molar-refractivity contribution in [2.45, 2.75) is 32.9 Å². The number of carbonyl (C=O) groups excluding carboxylic acids is 1. The molecule has 186 valence electrons. The Morgan fingerprint density at radius 2 is 1.81 bits per heavy atom. The molecule has 3 heterocycles. The first-order valence-electron chi connectivity index (χ1n) is 12.0. The van der Waals surface area contributed by atoms with Crippen LogP contribution in [0.4, 0.5) is 22.2 Å². The van der Waals surface area contributed by atoms with Gasteiger partial charge in [0.05, 0.1) is 11.0 Å². The lowest BCUT2D eigenvalue weighted by Gasteiger charge is -2.40. The molecule has 0 aliphatic carbocycles. The molecule has 0 unspecified atom stereocenters. The highest BCUT2D eigenvalue weighted by atomic mass is 16.6. The lowest BCUT2D eigenvalue weighted by molar-refractivity contribution is -0.0234. The lowest BCUT2D eigenvalue weighted by Crippen LogP contribution is -2.55. The largest absolute Gasteiger partial charge is 0.457 e. The van der Waals surface area contributed by atoms with Crippen LogP contribution in [0, 0.1) is 6.92 Å². The molecule has 0 bridgehead atoms. The van der Waals surface area contributed by atoms with Gasteiger partial charge in [0.25, 0.3) is 0 Å². The number of likely N-dealkylation sites (tertiary alicyclic amines) is 1. The molecule has 1 amide bonds. The van der Waals surface area contributed by atoms with E-state index in [1.807, 2.05) is 41.9 Å². The van der Waals surface area contributed by atoms with Crippen molar-refractivity contribution in [1.29, 1.82) is 0 Å². The average molecular weight is 487 g/mol. The van der Waals surface area contributed by atoms with Crippen LogP contribution in [0.25, 0.3) is 11.0 Å². The Balaban J connectivity index is 1.23. The van der Waals surface area contributed by atoms with Gasteiger partial charge >= 0.3 is 6.09 Å². The zero-order chi connectivity index (χ0) is 25.2. The highest BCUT2D eigenvalue weighted by Crippen LogP contribution is 2.29. The summed E-state index contributed by atoms with van der Waals surface area (Å²) < 4.78 is 13.5. The maximum atomic E-state index is 12.2. The highest BCUT2D eigenvalue weighted by molar-refractivity contribution is 5.84. The first kappa shape index (κ1) is 23.6. The van der Waals surface area contributed by atoms with E-state index in [-0.39, 0.29) is 6.10 Å². The molecule has 2 aromatic carbocycles. The minimum atomic E-state index is -0.517. The van der Waals surface area contributed by atoms with E-state index < -0.39 is 6.09 Å². The summed E-state index contributed by atoms with van der Waals surface area (Å²) in [6.07, 6.45) is 0.969. The quantitative estimate of drug-likeness (QED) is 0.359. The fraction of sp³-hybridized carbons (Fsp3) is 0.296. The van der Waals surface area contributed by atoms with Crippen LogP contribution in [0.5, 0.6) is 11.5 Å². The zero-order valence-electron chi connectivity index (χ0n) is 20.9. The molecule has 4 aromatic rings. The van der Waals surface area contributed by atoms with Crippen molar-refractivity contribution in [3.63, 3.8) is 0 Å². The van der Waals surface area contributed by atoms with Gasteiger partial charge in [0.2, 0.25) is 5.95 Å². The number of imidazole rings is 1. The number of pyridine rings is 1. The van der Waals surface area contributed by atoms with E-state index in [0.717, 1.165) is 35.8 Å². The summed E-state index contributed by atoms with van der Waals surface area (Å²) in [5.41, 5.74) is 3.95. The van der Waals surface area contributed by atoms with Gasteiger partial charge in [-0.25, -0.2) is 14.8 Å². The van der Waals surface area contributed by atoms with Gasteiger partial charge < -0.3 is 19.4 Å². The second-order valence-electron chi connectivity index (χ2n) is 9.31. The Morgan fingerprint density at radius 1 is 1.06 bits per heavy atom. The normalized spacial score (nSPS) is 14.0. The minimum absolute atomic E-state index is 0.0951. The Labute approximate surface area is 210 Å². The van der Waals surface area contributed by atoms with Gasteiger partial charge in [-0.05, 0) is 51.1 Å². The van der Waals surface area contributed by atoms with Crippen LogP contribution in [-0.4, -0.2) is 50.8 Å². The zero-order valence-corrected chi connectivity index (χ0v) is 20.9. The maximum absolute atomic E-state index is 12.2. The van der Waals surface area contributed by atoms with Gasteiger partial charge in [-0.15, -0.1) is 0 Å². The number of anilines is 3. The number of fused-ring (bicyclic) bond motifs is 1. The maximum Gasteiger partial charge on any atom is 0.413 e. The van der Waals surface area contributed by atoms with E-state index in [0.29, 0.717) is 23.4 Å². The second-order valence-corrected chi connectivity index (χ2v) is 9.31. The number of hydrogen-bond donors (Lipinski definition) is 2. The second kappa shape index (κ2) is 9.87. The molecular weight excluding hydrogens is 456 g/mol. The molecule has 1 aliphatic rings. The van der Waals surface area contributed by atoms with Crippen LogP contribution in [-0.2, 0) is 11.8 Å². The molecule has 1 fully saturated rings. The molecule has 5 rings (SSSR count). The van der Waals surface area contributed by atoms with E-state index in [1.54, 1.807) is 18.3 Å². The monoisotopic (exact) mass is 486 g/mol. The molecule has 0 saturated carbocycles. The van der Waals surface area contributed by atoms with Crippen LogP contribution in [0.1, 0.15) is 19.4 Å². The number of aromatic nitrogens is 3. The smallest absolute Gasteiger partial charge is 0.413 e. The van der Waals surface area contributed by atoms with Crippen LogP contribution in [0.2, 0.25) is 0 Å². The summed E-state index contributed by atoms with van der Waals surface area (Å²) in [4.78, 5) is 23.4. The van der Waals surface area contributed by atoms with E-state index in [9.17, 15) is 4.79 Å². The van der Waals surface area contributed by atoms with Crippen molar-refractivity contribution in [3.05, 3.63) is 66.4 Å². The number of ether oxygens (including phenoxy) is 2. The topological polar surface area (TPSA) is 93.5 Å². The first-order valence-corrected chi connectivity index (χ1v) is 12.0. The van der Waals surface area contributed by atoms with Gasteiger partial charge in [-0.3, -0.25) is 10.2 Å². The van der Waals surface area contributed by atoms with Crippen LogP contribution in [0.3, 0.4) is 0 Å². The number of hydrogen-bond acceptors (Lipinski definition) is 7. The van der Waals surface area contributed by atoms with E-state index in [1.165, 1.54) is 5.56 Å². The number of nitrogens with zero attached hydrogens (tertiary/aromatic N) is 4. The molecule has 1 aliphatic heterocycles. The Kier molecular flexibility index (Phi) is 6.47.